The molecule has 30 heavy (non-hydrogen) atoms. The maximum atomic E-state index is 12.5. The fourth-order valence-electron chi connectivity index (χ4n) is 3.35. The van der Waals surface area contributed by atoms with Gasteiger partial charge in [-0.2, -0.15) is 0 Å². The highest BCUT2D eigenvalue weighted by atomic mass is 16.5. The van der Waals surface area contributed by atoms with Crippen molar-refractivity contribution in [2.45, 2.75) is 6.92 Å². The van der Waals surface area contributed by atoms with Crippen LogP contribution in [0, 0.1) is 0 Å². The van der Waals surface area contributed by atoms with Crippen molar-refractivity contribution in [1.82, 2.24) is 9.80 Å². The lowest BCUT2D eigenvalue weighted by atomic mass is 10.2. The average molecular weight is 410 g/mol. The molecule has 1 fully saturated rings. The number of ether oxygens (including phenoxy) is 1. The van der Waals surface area contributed by atoms with Gasteiger partial charge in [-0.15, -0.1) is 0 Å². The molecule has 2 aromatic rings. The summed E-state index contributed by atoms with van der Waals surface area (Å²) in [5, 5.41) is 5.53. The quantitative estimate of drug-likeness (QED) is 0.761. The standard InChI is InChI=1S/C22H26N4O4/c1-16(27)23-18-8-9-20(30-2)19(14-18)24-21(28)15-25-10-12-26(13-11-25)22(29)17-6-4-3-5-7-17/h3-9,14H,10-13,15H2,1-2H3,(H,23,27)(H,24,28). The summed E-state index contributed by atoms with van der Waals surface area (Å²) in [5.74, 6) is 0.145. The molecule has 0 unspecified atom stereocenters. The van der Waals surface area contributed by atoms with Crippen molar-refractivity contribution in [1.29, 1.82) is 0 Å². The van der Waals surface area contributed by atoms with E-state index in [9.17, 15) is 14.4 Å². The van der Waals surface area contributed by atoms with E-state index in [2.05, 4.69) is 10.6 Å². The van der Waals surface area contributed by atoms with Gasteiger partial charge in [0.25, 0.3) is 5.91 Å². The molecule has 0 spiro atoms. The summed E-state index contributed by atoms with van der Waals surface area (Å²) in [7, 11) is 1.52. The van der Waals surface area contributed by atoms with E-state index in [0.29, 0.717) is 48.9 Å². The normalized spacial score (nSPS) is 14.1. The molecule has 3 rings (SSSR count). The Kier molecular flexibility index (Phi) is 7.03. The fraction of sp³-hybridized carbons (Fsp3) is 0.318. The topological polar surface area (TPSA) is 91.0 Å². The number of carbonyl (C=O) groups excluding carboxylic acids is 3. The van der Waals surface area contributed by atoms with E-state index in [-0.39, 0.29) is 24.3 Å². The molecule has 0 aliphatic carbocycles. The molecule has 1 aliphatic rings. The molecule has 0 aromatic heterocycles. The first-order valence-electron chi connectivity index (χ1n) is 9.78. The van der Waals surface area contributed by atoms with Gasteiger partial charge in [-0.05, 0) is 30.3 Å². The number of hydrogen-bond donors (Lipinski definition) is 2. The largest absolute Gasteiger partial charge is 0.495 e. The van der Waals surface area contributed by atoms with Crippen LogP contribution in [-0.2, 0) is 9.59 Å². The van der Waals surface area contributed by atoms with E-state index in [4.69, 9.17) is 4.74 Å². The number of anilines is 2. The minimum atomic E-state index is -0.194. The molecule has 158 valence electrons. The first-order valence-corrected chi connectivity index (χ1v) is 9.78. The Morgan fingerprint density at radius 1 is 0.967 bits per heavy atom. The van der Waals surface area contributed by atoms with Crippen molar-refractivity contribution < 1.29 is 19.1 Å². The predicted molar refractivity (Wildman–Crippen MR) is 115 cm³/mol. The predicted octanol–water partition coefficient (Wildman–Crippen LogP) is 2.05. The van der Waals surface area contributed by atoms with Crippen LogP contribution in [0.15, 0.2) is 48.5 Å². The van der Waals surface area contributed by atoms with Crippen molar-refractivity contribution in [2.75, 3.05) is 50.5 Å². The van der Waals surface area contributed by atoms with Gasteiger partial charge in [0.2, 0.25) is 11.8 Å². The number of carbonyl (C=O) groups is 3. The van der Waals surface area contributed by atoms with Crippen molar-refractivity contribution in [3.05, 3.63) is 54.1 Å². The van der Waals surface area contributed by atoms with E-state index >= 15 is 0 Å². The molecule has 0 atom stereocenters. The van der Waals surface area contributed by atoms with Crippen LogP contribution in [-0.4, -0.2) is 67.4 Å². The van der Waals surface area contributed by atoms with Crippen LogP contribution in [0.5, 0.6) is 5.75 Å². The molecule has 1 saturated heterocycles. The molecule has 3 amide bonds. The van der Waals surface area contributed by atoms with Gasteiger partial charge in [0.1, 0.15) is 5.75 Å². The lowest BCUT2D eigenvalue weighted by Gasteiger charge is -2.34. The highest BCUT2D eigenvalue weighted by Crippen LogP contribution is 2.27. The van der Waals surface area contributed by atoms with E-state index in [1.54, 1.807) is 18.2 Å². The zero-order valence-electron chi connectivity index (χ0n) is 17.2. The Hall–Kier alpha value is -3.39. The highest BCUT2D eigenvalue weighted by Gasteiger charge is 2.23. The SMILES string of the molecule is COc1ccc(NC(C)=O)cc1NC(=O)CN1CCN(C(=O)c2ccccc2)CC1. The molecule has 1 aliphatic heterocycles. The summed E-state index contributed by atoms with van der Waals surface area (Å²) in [5.41, 5.74) is 1.74. The Morgan fingerprint density at radius 2 is 1.67 bits per heavy atom. The number of nitrogens with zero attached hydrogens (tertiary/aromatic N) is 2. The maximum Gasteiger partial charge on any atom is 0.253 e. The molecule has 1 heterocycles. The molecule has 8 nitrogen and oxygen atoms in total. The minimum Gasteiger partial charge on any atom is -0.495 e. The third kappa shape index (κ3) is 5.57. The van der Waals surface area contributed by atoms with E-state index in [1.165, 1.54) is 14.0 Å². The van der Waals surface area contributed by atoms with Gasteiger partial charge in [0.05, 0.1) is 19.3 Å². The fourth-order valence-corrected chi connectivity index (χ4v) is 3.35. The third-order valence-electron chi connectivity index (χ3n) is 4.84. The van der Waals surface area contributed by atoms with Gasteiger partial charge < -0.3 is 20.3 Å². The van der Waals surface area contributed by atoms with Crippen LogP contribution < -0.4 is 15.4 Å². The van der Waals surface area contributed by atoms with Crippen LogP contribution in [0.4, 0.5) is 11.4 Å². The molecule has 0 radical (unpaired) electrons. The van der Waals surface area contributed by atoms with Gasteiger partial charge in [0, 0.05) is 44.4 Å². The lowest BCUT2D eigenvalue weighted by Crippen LogP contribution is -2.50. The number of rotatable bonds is 6. The van der Waals surface area contributed by atoms with Crippen LogP contribution >= 0.6 is 0 Å². The van der Waals surface area contributed by atoms with Crippen LogP contribution in [0.2, 0.25) is 0 Å². The summed E-state index contributed by atoms with van der Waals surface area (Å²) >= 11 is 0. The van der Waals surface area contributed by atoms with Gasteiger partial charge in [-0.3, -0.25) is 19.3 Å². The number of hydrogen-bond acceptors (Lipinski definition) is 5. The molecular formula is C22H26N4O4. The Labute approximate surface area is 175 Å². The van der Waals surface area contributed by atoms with Gasteiger partial charge in [0.15, 0.2) is 0 Å². The van der Waals surface area contributed by atoms with Crippen molar-refractivity contribution in [2.24, 2.45) is 0 Å². The summed E-state index contributed by atoms with van der Waals surface area (Å²) in [6, 6.07) is 14.3. The summed E-state index contributed by atoms with van der Waals surface area (Å²) in [6.45, 7) is 4.01. The van der Waals surface area contributed by atoms with Gasteiger partial charge >= 0.3 is 0 Å². The van der Waals surface area contributed by atoms with E-state index in [0.717, 1.165) is 0 Å². The Bertz CT molecular complexity index is 909. The lowest BCUT2D eigenvalue weighted by molar-refractivity contribution is -0.117. The maximum absolute atomic E-state index is 12.5. The second kappa shape index (κ2) is 9.89. The van der Waals surface area contributed by atoms with Crippen molar-refractivity contribution in [3.63, 3.8) is 0 Å². The van der Waals surface area contributed by atoms with E-state index < -0.39 is 0 Å². The number of piperazine rings is 1. The average Bonchev–Trinajstić information content (AvgIpc) is 2.74. The van der Waals surface area contributed by atoms with Crippen LogP contribution in [0.3, 0.4) is 0 Å². The monoisotopic (exact) mass is 410 g/mol. The van der Waals surface area contributed by atoms with E-state index in [1.807, 2.05) is 40.1 Å². The Balaban J connectivity index is 1.54. The van der Waals surface area contributed by atoms with Crippen molar-refractivity contribution in [3.8, 4) is 5.75 Å². The van der Waals surface area contributed by atoms with Gasteiger partial charge in [-0.1, -0.05) is 18.2 Å². The third-order valence-corrected chi connectivity index (χ3v) is 4.84. The summed E-state index contributed by atoms with van der Waals surface area (Å²) in [6.07, 6.45) is 0. The summed E-state index contributed by atoms with van der Waals surface area (Å²) < 4.78 is 5.29. The zero-order chi connectivity index (χ0) is 21.5. The molecular weight excluding hydrogens is 384 g/mol. The molecule has 8 heteroatoms. The van der Waals surface area contributed by atoms with Gasteiger partial charge in [-0.25, -0.2) is 0 Å². The first kappa shape index (κ1) is 21.3. The minimum absolute atomic E-state index is 0.0132. The number of amides is 3. The second-order valence-corrected chi connectivity index (χ2v) is 7.08. The van der Waals surface area contributed by atoms with Crippen LogP contribution in [0.25, 0.3) is 0 Å². The number of benzene rings is 2. The number of nitrogens with one attached hydrogen (secondary N) is 2. The molecule has 2 N–H and O–H groups in total. The molecule has 0 bridgehead atoms. The smallest absolute Gasteiger partial charge is 0.253 e. The highest BCUT2D eigenvalue weighted by molar-refractivity contribution is 5.96. The first-order chi connectivity index (χ1) is 14.5. The zero-order valence-corrected chi connectivity index (χ0v) is 17.2. The van der Waals surface area contributed by atoms with Crippen LogP contribution in [0.1, 0.15) is 17.3 Å². The molecule has 2 aromatic carbocycles. The summed E-state index contributed by atoms with van der Waals surface area (Å²) in [4.78, 5) is 40.2. The Morgan fingerprint density at radius 3 is 2.30 bits per heavy atom. The second-order valence-electron chi connectivity index (χ2n) is 7.08. The number of methoxy groups -OCH3 is 1. The van der Waals surface area contributed by atoms with Crippen molar-refractivity contribution >= 4 is 29.1 Å². The molecule has 0 saturated carbocycles.